The fourth-order valence-corrected chi connectivity index (χ4v) is 3.47. The molecule has 3 rings (SSSR count). The van der Waals surface area contributed by atoms with Crippen LogP contribution in [0, 0.1) is 5.92 Å². The molecule has 1 aromatic heterocycles. The maximum Gasteiger partial charge on any atom is 0.573 e. The lowest BCUT2D eigenvalue weighted by Gasteiger charge is -2.21. The maximum atomic E-state index is 12.7. The van der Waals surface area contributed by atoms with Crippen LogP contribution in [0.4, 0.5) is 30.6 Å². The molecule has 0 amide bonds. The number of hydrogen-bond donors (Lipinski definition) is 3. The van der Waals surface area contributed by atoms with Crippen LogP contribution in [-0.4, -0.2) is 34.1 Å². The Bertz CT molecular complexity index is 1090. The summed E-state index contributed by atoms with van der Waals surface area (Å²) in [6.07, 6.45) is -4.82. The first-order chi connectivity index (χ1) is 15.5. The zero-order valence-corrected chi connectivity index (χ0v) is 19.1. The monoisotopic (exact) mass is 500 g/mol. The number of aliphatic hydroxyl groups is 1. The van der Waals surface area contributed by atoms with Crippen molar-refractivity contribution in [3.05, 3.63) is 58.6 Å². The highest BCUT2D eigenvalue weighted by Crippen LogP contribution is 2.30. The fraction of sp³-hybridized carbons (Fsp3) is 0.273. The van der Waals surface area contributed by atoms with E-state index in [0.29, 0.717) is 32.8 Å². The smallest absolute Gasteiger partial charge is 0.406 e. The number of ether oxygens (including phenoxy) is 1. The Balaban J connectivity index is 2.02. The predicted octanol–water partition coefficient (Wildman–Crippen LogP) is 6.52. The van der Waals surface area contributed by atoms with E-state index in [1.54, 1.807) is 30.3 Å². The highest BCUT2D eigenvalue weighted by molar-refractivity contribution is 6.35. The van der Waals surface area contributed by atoms with Gasteiger partial charge in [0.05, 0.1) is 18.3 Å². The van der Waals surface area contributed by atoms with Crippen LogP contribution in [-0.2, 0) is 0 Å². The molecule has 0 bridgehead atoms. The molecule has 0 saturated carbocycles. The van der Waals surface area contributed by atoms with Crippen LogP contribution in [0.5, 0.6) is 5.75 Å². The van der Waals surface area contributed by atoms with Gasteiger partial charge in [-0.05, 0) is 36.2 Å². The summed E-state index contributed by atoms with van der Waals surface area (Å²) in [6.45, 7) is 3.68. The largest absolute Gasteiger partial charge is 0.573 e. The first-order valence-corrected chi connectivity index (χ1v) is 10.6. The Hall–Kier alpha value is -2.75. The lowest BCUT2D eigenvalue weighted by atomic mass is 10.1. The van der Waals surface area contributed by atoms with Gasteiger partial charge in [-0.1, -0.05) is 49.2 Å². The summed E-state index contributed by atoms with van der Waals surface area (Å²) in [4.78, 5) is 8.85. The number of nitrogens with one attached hydrogen (secondary N) is 2. The Kier molecular flexibility index (Phi) is 7.88. The van der Waals surface area contributed by atoms with Gasteiger partial charge in [0.1, 0.15) is 11.6 Å². The van der Waals surface area contributed by atoms with E-state index in [4.69, 9.17) is 23.2 Å². The number of hydrogen-bond acceptors (Lipinski definition) is 6. The third kappa shape index (κ3) is 7.38. The summed E-state index contributed by atoms with van der Waals surface area (Å²) in [7, 11) is 0. The van der Waals surface area contributed by atoms with Gasteiger partial charge < -0.3 is 20.5 Å². The van der Waals surface area contributed by atoms with E-state index in [0.717, 1.165) is 0 Å². The van der Waals surface area contributed by atoms with Gasteiger partial charge in [0, 0.05) is 27.4 Å². The molecule has 0 aliphatic rings. The highest BCUT2D eigenvalue weighted by atomic mass is 35.5. The number of nitrogens with zero attached hydrogens (tertiary/aromatic N) is 2. The summed E-state index contributed by atoms with van der Waals surface area (Å²) in [5.41, 5.74) is 1.26. The minimum absolute atomic E-state index is 0.0638. The number of benzene rings is 2. The minimum Gasteiger partial charge on any atom is -0.406 e. The molecule has 176 valence electrons. The summed E-state index contributed by atoms with van der Waals surface area (Å²) in [5.74, 6) is 0.204. The molecule has 6 nitrogen and oxygen atoms in total. The van der Waals surface area contributed by atoms with Gasteiger partial charge in [-0.2, -0.15) is 4.98 Å². The molecule has 1 heterocycles. The number of rotatable bonds is 8. The maximum absolute atomic E-state index is 12.7. The highest BCUT2D eigenvalue weighted by Gasteiger charge is 2.31. The summed E-state index contributed by atoms with van der Waals surface area (Å²) in [5, 5.41) is 16.6. The molecule has 0 fully saturated rings. The van der Waals surface area contributed by atoms with Gasteiger partial charge in [0.2, 0.25) is 5.95 Å². The second-order valence-corrected chi connectivity index (χ2v) is 8.37. The molecule has 0 unspecified atom stereocenters. The number of halogens is 5. The first-order valence-electron chi connectivity index (χ1n) is 9.88. The van der Waals surface area contributed by atoms with Crippen molar-refractivity contribution < 1.29 is 23.0 Å². The number of aliphatic hydroxyl groups excluding tert-OH is 1. The van der Waals surface area contributed by atoms with Crippen LogP contribution in [0.15, 0.2) is 48.5 Å². The summed E-state index contributed by atoms with van der Waals surface area (Å²) in [6, 6.07) is 11.5. The van der Waals surface area contributed by atoms with Crippen molar-refractivity contribution in [2.75, 3.05) is 17.2 Å². The van der Waals surface area contributed by atoms with Crippen molar-refractivity contribution in [2.45, 2.75) is 26.3 Å². The number of anilines is 3. The molecule has 0 spiro atoms. The van der Waals surface area contributed by atoms with E-state index >= 15 is 0 Å². The van der Waals surface area contributed by atoms with Gasteiger partial charge in [0.15, 0.2) is 0 Å². The molecule has 0 saturated heterocycles. The molecule has 2 aromatic carbocycles. The molecular weight excluding hydrogens is 480 g/mol. The van der Waals surface area contributed by atoms with E-state index in [2.05, 4.69) is 25.3 Å². The van der Waals surface area contributed by atoms with Crippen LogP contribution < -0.4 is 15.4 Å². The number of aromatic nitrogens is 2. The molecule has 33 heavy (non-hydrogen) atoms. The Morgan fingerprint density at radius 1 is 1.03 bits per heavy atom. The minimum atomic E-state index is -4.82. The molecule has 0 radical (unpaired) electrons. The van der Waals surface area contributed by atoms with Crippen molar-refractivity contribution in [1.82, 2.24) is 9.97 Å². The second kappa shape index (κ2) is 10.5. The van der Waals surface area contributed by atoms with Gasteiger partial charge >= 0.3 is 6.36 Å². The fourth-order valence-electron chi connectivity index (χ4n) is 2.94. The molecule has 11 heteroatoms. The van der Waals surface area contributed by atoms with Crippen LogP contribution in [0.3, 0.4) is 0 Å². The van der Waals surface area contributed by atoms with Crippen molar-refractivity contribution in [1.29, 1.82) is 0 Å². The Morgan fingerprint density at radius 2 is 1.73 bits per heavy atom. The molecule has 0 aliphatic carbocycles. The van der Waals surface area contributed by atoms with Crippen molar-refractivity contribution in [3.8, 4) is 17.0 Å². The van der Waals surface area contributed by atoms with E-state index in [1.165, 1.54) is 18.2 Å². The molecule has 3 N–H and O–H groups in total. The van der Waals surface area contributed by atoms with Crippen molar-refractivity contribution in [3.63, 3.8) is 0 Å². The van der Waals surface area contributed by atoms with Gasteiger partial charge in [-0.15, -0.1) is 13.2 Å². The van der Waals surface area contributed by atoms with Gasteiger partial charge in [-0.25, -0.2) is 4.98 Å². The average Bonchev–Trinajstić information content (AvgIpc) is 2.70. The molecule has 0 aliphatic heterocycles. The van der Waals surface area contributed by atoms with Crippen molar-refractivity contribution >= 4 is 40.7 Å². The molecule has 1 atom stereocenters. The third-order valence-corrected chi connectivity index (χ3v) is 4.98. The van der Waals surface area contributed by atoms with Crippen LogP contribution in [0.25, 0.3) is 11.3 Å². The quantitative estimate of drug-likeness (QED) is 0.326. The first kappa shape index (κ1) is 24.9. The lowest BCUT2D eigenvalue weighted by Crippen LogP contribution is -2.30. The molecule has 3 aromatic rings. The van der Waals surface area contributed by atoms with E-state index in [1.807, 2.05) is 13.8 Å². The van der Waals surface area contributed by atoms with Crippen molar-refractivity contribution in [2.24, 2.45) is 5.92 Å². The van der Waals surface area contributed by atoms with Crippen LogP contribution in [0.1, 0.15) is 13.8 Å². The molecular formula is C22H21Cl2F3N4O2. The topological polar surface area (TPSA) is 79.3 Å². The van der Waals surface area contributed by atoms with Gasteiger partial charge in [-0.3, -0.25) is 0 Å². The van der Waals surface area contributed by atoms with E-state index in [-0.39, 0.29) is 30.3 Å². The normalized spacial score (nSPS) is 12.5. The number of alkyl halides is 3. The third-order valence-electron chi connectivity index (χ3n) is 4.54. The zero-order valence-electron chi connectivity index (χ0n) is 17.6. The summed E-state index contributed by atoms with van der Waals surface area (Å²) < 4.78 is 42.0. The summed E-state index contributed by atoms with van der Waals surface area (Å²) >= 11 is 12.1. The second-order valence-electron chi connectivity index (χ2n) is 7.50. The van der Waals surface area contributed by atoms with Crippen LogP contribution >= 0.6 is 23.2 Å². The van der Waals surface area contributed by atoms with Gasteiger partial charge in [0.25, 0.3) is 0 Å². The average molecular weight is 501 g/mol. The Morgan fingerprint density at radius 3 is 2.33 bits per heavy atom. The van der Waals surface area contributed by atoms with E-state index in [9.17, 15) is 18.3 Å². The zero-order chi connectivity index (χ0) is 24.2. The lowest BCUT2D eigenvalue weighted by molar-refractivity contribution is -0.274. The Labute approximate surface area is 198 Å². The van der Waals surface area contributed by atoms with E-state index < -0.39 is 6.36 Å². The standard InChI is InChI=1S/C22H21Cl2F3N4O2/c1-12(2)19(11-32)30-21-29-18(13-4-3-5-17(6-13)33-22(25,26)27)10-20(31-21)28-16-8-14(23)7-15(24)9-16/h3-10,12,19,32H,11H2,1-2H3,(H2,28,29,30,31)/t19-/m0/s1. The van der Waals surface area contributed by atoms with Crippen LogP contribution in [0.2, 0.25) is 10.0 Å². The SMILES string of the molecule is CC(C)[C@H](CO)Nc1nc(Nc2cc(Cl)cc(Cl)c2)cc(-c2cccc(OC(F)(F)F)c2)n1. The predicted molar refractivity (Wildman–Crippen MR) is 123 cm³/mol.